The van der Waals surface area contributed by atoms with Gasteiger partial charge >= 0.3 is 5.97 Å². The van der Waals surface area contributed by atoms with Crippen molar-refractivity contribution in [2.75, 3.05) is 19.8 Å². The lowest BCUT2D eigenvalue weighted by Crippen LogP contribution is -2.10. The molecule has 0 radical (unpaired) electrons. The first kappa shape index (κ1) is 14.2. The van der Waals surface area contributed by atoms with Crippen LogP contribution in [-0.2, 0) is 9.53 Å². The molecule has 2 heterocycles. The molecule has 0 bridgehead atoms. The summed E-state index contributed by atoms with van der Waals surface area (Å²) in [6.07, 6.45) is 3.44. The number of carboxylic acid groups (broad SMARTS) is 1. The van der Waals surface area contributed by atoms with E-state index in [1.807, 2.05) is 19.1 Å². The van der Waals surface area contributed by atoms with Crippen LogP contribution in [0.25, 0.3) is 10.9 Å². The molecule has 0 aliphatic carbocycles. The van der Waals surface area contributed by atoms with Crippen molar-refractivity contribution in [3.8, 4) is 5.75 Å². The van der Waals surface area contributed by atoms with Crippen molar-refractivity contribution in [2.45, 2.75) is 13.3 Å². The van der Waals surface area contributed by atoms with E-state index in [9.17, 15) is 4.79 Å². The number of nitrogens with zero attached hydrogens (tertiary/aromatic N) is 2. The van der Waals surface area contributed by atoms with E-state index in [2.05, 4.69) is 9.97 Å². The number of fused-ring (bicyclic) bond motifs is 1. The van der Waals surface area contributed by atoms with Gasteiger partial charge in [-0.2, -0.15) is 0 Å². The minimum Gasteiger partial charge on any atom is -0.489 e. The van der Waals surface area contributed by atoms with Crippen LogP contribution >= 0.6 is 0 Å². The lowest BCUT2D eigenvalue weighted by molar-refractivity contribution is -0.138. The standard InChI is InChI=1S/C14H16N2O4/c1-10-13(20-7-6-19-5-3-14(17)18)8-11-9-15-4-2-12(11)16-10/h2,4,8-9H,3,5-7H2,1H3,(H,17,18). The van der Waals surface area contributed by atoms with Crippen molar-refractivity contribution in [2.24, 2.45) is 0 Å². The van der Waals surface area contributed by atoms with Crippen molar-refractivity contribution in [1.82, 2.24) is 9.97 Å². The zero-order chi connectivity index (χ0) is 14.4. The molecule has 1 N–H and O–H groups in total. The molecule has 20 heavy (non-hydrogen) atoms. The van der Waals surface area contributed by atoms with Crippen molar-refractivity contribution in [1.29, 1.82) is 0 Å². The Labute approximate surface area is 116 Å². The lowest BCUT2D eigenvalue weighted by Gasteiger charge is -2.09. The predicted molar refractivity (Wildman–Crippen MR) is 72.8 cm³/mol. The average molecular weight is 276 g/mol. The summed E-state index contributed by atoms with van der Waals surface area (Å²) in [5, 5.41) is 9.38. The van der Waals surface area contributed by atoms with Crippen molar-refractivity contribution < 1.29 is 19.4 Å². The molecule has 2 aromatic rings. The van der Waals surface area contributed by atoms with Gasteiger partial charge in [-0.1, -0.05) is 0 Å². The number of aliphatic carboxylic acids is 1. The molecule has 0 aliphatic heterocycles. The summed E-state index contributed by atoms with van der Waals surface area (Å²) in [6, 6.07) is 3.74. The van der Waals surface area contributed by atoms with Crippen LogP contribution < -0.4 is 4.74 Å². The first-order valence-electron chi connectivity index (χ1n) is 6.30. The van der Waals surface area contributed by atoms with Crippen LogP contribution in [0.5, 0.6) is 5.75 Å². The molecule has 6 nitrogen and oxygen atoms in total. The topological polar surface area (TPSA) is 81.5 Å². The van der Waals surface area contributed by atoms with E-state index in [4.69, 9.17) is 14.6 Å². The van der Waals surface area contributed by atoms with Gasteiger partial charge in [0, 0.05) is 17.8 Å². The van der Waals surface area contributed by atoms with Gasteiger partial charge in [0.2, 0.25) is 0 Å². The van der Waals surface area contributed by atoms with Crippen LogP contribution in [0.15, 0.2) is 24.5 Å². The van der Waals surface area contributed by atoms with Gasteiger partial charge in [0.25, 0.3) is 0 Å². The third-order valence-corrected chi connectivity index (χ3v) is 2.70. The normalized spacial score (nSPS) is 10.7. The van der Waals surface area contributed by atoms with Gasteiger partial charge in [-0.3, -0.25) is 9.78 Å². The molecule has 0 amide bonds. The Balaban J connectivity index is 1.86. The molecule has 0 saturated heterocycles. The highest BCUT2D eigenvalue weighted by Crippen LogP contribution is 2.21. The third-order valence-electron chi connectivity index (χ3n) is 2.70. The molecule has 0 aliphatic rings. The molecule has 0 spiro atoms. The number of hydrogen-bond donors (Lipinski definition) is 1. The van der Waals surface area contributed by atoms with Gasteiger partial charge in [0.15, 0.2) is 0 Å². The van der Waals surface area contributed by atoms with Crippen LogP contribution in [0.1, 0.15) is 12.1 Å². The zero-order valence-corrected chi connectivity index (χ0v) is 11.2. The summed E-state index contributed by atoms with van der Waals surface area (Å²) in [5.74, 6) is -0.180. The number of aryl methyl sites for hydroxylation is 1. The minimum absolute atomic E-state index is 0.00221. The Morgan fingerprint density at radius 1 is 1.35 bits per heavy atom. The van der Waals surface area contributed by atoms with E-state index in [0.29, 0.717) is 19.0 Å². The van der Waals surface area contributed by atoms with E-state index in [1.165, 1.54) is 0 Å². The molecular formula is C14H16N2O4. The fourth-order valence-corrected chi connectivity index (χ4v) is 1.71. The fourth-order valence-electron chi connectivity index (χ4n) is 1.71. The molecule has 2 rings (SSSR count). The molecule has 6 heteroatoms. The van der Waals surface area contributed by atoms with Gasteiger partial charge in [-0.05, 0) is 19.1 Å². The number of carboxylic acids is 1. The first-order valence-corrected chi connectivity index (χ1v) is 6.30. The zero-order valence-electron chi connectivity index (χ0n) is 11.2. The molecule has 0 unspecified atom stereocenters. The number of aromatic nitrogens is 2. The number of ether oxygens (including phenoxy) is 2. The monoisotopic (exact) mass is 276 g/mol. The summed E-state index contributed by atoms with van der Waals surface area (Å²) in [7, 11) is 0. The largest absolute Gasteiger partial charge is 0.489 e. The predicted octanol–water partition coefficient (Wildman–Crippen LogP) is 1.81. The maximum atomic E-state index is 10.3. The Morgan fingerprint density at radius 3 is 3.00 bits per heavy atom. The summed E-state index contributed by atoms with van der Waals surface area (Å²) < 4.78 is 10.7. The van der Waals surface area contributed by atoms with Crippen LogP contribution in [0.3, 0.4) is 0 Å². The quantitative estimate of drug-likeness (QED) is 0.777. The Bertz CT molecular complexity index is 601. The maximum Gasteiger partial charge on any atom is 0.305 e. The highest BCUT2D eigenvalue weighted by molar-refractivity contribution is 5.79. The van der Waals surface area contributed by atoms with Gasteiger partial charge in [-0.15, -0.1) is 0 Å². The molecule has 0 saturated carbocycles. The van der Waals surface area contributed by atoms with E-state index in [1.54, 1.807) is 12.4 Å². The van der Waals surface area contributed by atoms with Crippen molar-refractivity contribution in [3.05, 3.63) is 30.2 Å². The maximum absolute atomic E-state index is 10.3. The highest BCUT2D eigenvalue weighted by atomic mass is 16.5. The lowest BCUT2D eigenvalue weighted by atomic mass is 10.2. The van der Waals surface area contributed by atoms with E-state index in [-0.39, 0.29) is 13.0 Å². The Morgan fingerprint density at radius 2 is 2.20 bits per heavy atom. The SMILES string of the molecule is Cc1nc2ccncc2cc1OCCOCCC(=O)O. The molecule has 0 atom stereocenters. The van der Waals surface area contributed by atoms with Gasteiger partial charge in [0.05, 0.1) is 30.8 Å². The Hall–Kier alpha value is -2.21. The van der Waals surface area contributed by atoms with E-state index >= 15 is 0 Å². The van der Waals surface area contributed by atoms with Crippen molar-refractivity contribution in [3.63, 3.8) is 0 Å². The molecule has 0 aromatic carbocycles. The molecule has 106 valence electrons. The van der Waals surface area contributed by atoms with Crippen LogP contribution in [-0.4, -0.2) is 40.9 Å². The second-order valence-corrected chi connectivity index (χ2v) is 4.24. The summed E-state index contributed by atoms with van der Waals surface area (Å²) in [6.45, 7) is 2.77. The van der Waals surface area contributed by atoms with Crippen LogP contribution in [0, 0.1) is 6.92 Å². The number of carbonyl (C=O) groups is 1. The van der Waals surface area contributed by atoms with Crippen LogP contribution in [0.2, 0.25) is 0 Å². The minimum atomic E-state index is -0.868. The first-order chi connectivity index (χ1) is 9.66. The van der Waals surface area contributed by atoms with Crippen LogP contribution in [0.4, 0.5) is 0 Å². The second-order valence-electron chi connectivity index (χ2n) is 4.24. The molecule has 2 aromatic heterocycles. The van der Waals surface area contributed by atoms with Crippen molar-refractivity contribution >= 4 is 16.9 Å². The van der Waals surface area contributed by atoms with E-state index < -0.39 is 5.97 Å². The van der Waals surface area contributed by atoms with E-state index in [0.717, 1.165) is 16.6 Å². The Kier molecular flexibility index (Phi) is 4.84. The average Bonchev–Trinajstić information content (AvgIpc) is 2.42. The number of rotatable bonds is 7. The summed E-state index contributed by atoms with van der Waals surface area (Å²) in [4.78, 5) is 18.8. The summed E-state index contributed by atoms with van der Waals surface area (Å²) >= 11 is 0. The smallest absolute Gasteiger partial charge is 0.305 e. The second kappa shape index (κ2) is 6.81. The molecular weight excluding hydrogens is 260 g/mol. The fraction of sp³-hybridized carbons (Fsp3) is 0.357. The van der Waals surface area contributed by atoms with Gasteiger partial charge in [-0.25, -0.2) is 4.98 Å². The third kappa shape index (κ3) is 3.89. The van der Waals surface area contributed by atoms with Gasteiger partial charge < -0.3 is 14.6 Å². The molecule has 0 fully saturated rings. The number of hydrogen-bond acceptors (Lipinski definition) is 5. The highest BCUT2D eigenvalue weighted by Gasteiger charge is 2.04. The summed E-state index contributed by atoms with van der Waals surface area (Å²) in [5.41, 5.74) is 1.68. The number of pyridine rings is 2. The van der Waals surface area contributed by atoms with Gasteiger partial charge in [0.1, 0.15) is 12.4 Å².